The molecule has 4 heteroatoms. The first kappa shape index (κ1) is 9.15. The van der Waals surface area contributed by atoms with Gasteiger partial charge in [0.1, 0.15) is 0 Å². The summed E-state index contributed by atoms with van der Waals surface area (Å²) in [4.78, 5) is 0. The highest BCUT2D eigenvalue weighted by molar-refractivity contribution is 5.58. The quantitative estimate of drug-likeness (QED) is 0.467. The second-order valence-electron chi connectivity index (χ2n) is 3.66. The summed E-state index contributed by atoms with van der Waals surface area (Å²) in [6.07, 6.45) is 2.44. The molecule has 5 N–H and O–H groups in total. The average molecular weight is 195 g/mol. The molecule has 0 saturated heterocycles. The molecule has 1 aromatic carbocycles. The molecule has 1 aliphatic carbocycles. The largest absolute Gasteiger partial charge is 0.504 e. The van der Waals surface area contributed by atoms with Crippen molar-refractivity contribution < 1.29 is 15.3 Å². The minimum Gasteiger partial charge on any atom is -0.504 e. The van der Waals surface area contributed by atoms with E-state index in [2.05, 4.69) is 0 Å². The molecule has 0 spiro atoms. The van der Waals surface area contributed by atoms with Gasteiger partial charge in [0.25, 0.3) is 0 Å². The third-order valence-corrected chi connectivity index (χ3v) is 2.73. The number of hydrogen-bond donors (Lipinski definition) is 4. The van der Waals surface area contributed by atoms with Crippen LogP contribution in [0.5, 0.6) is 17.2 Å². The van der Waals surface area contributed by atoms with E-state index in [1.165, 1.54) is 6.07 Å². The first-order chi connectivity index (χ1) is 6.61. The SMILES string of the molecule is N[C@H]1CCCc2c1cc(O)c(O)c2O. The molecule has 4 nitrogen and oxygen atoms in total. The summed E-state index contributed by atoms with van der Waals surface area (Å²) in [5.41, 5.74) is 7.24. The van der Waals surface area contributed by atoms with Gasteiger partial charge in [-0.05, 0) is 30.9 Å². The van der Waals surface area contributed by atoms with Crippen molar-refractivity contribution in [3.8, 4) is 17.2 Å². The van der Waals surface area contributed by atoms with Crippen molar-refractivity contribution in [1.29, 1.82) is 0 Å². The minimum absolute atomic E-state index is 0.156. The van der Waals surface area contributed by atoms with E-state index in [1.807, 2.05) is 0 Å². The molecule has 1 aromatic rings. The van der Waals surface area contributed by atoms with Crippen molar-refractivity contribution in [1.82, 2.24) is 0 Å². The summed E-state index contributed by atoms with van der Waals surface area (Å²) in [7, 11) is 0. The van der Waals surface area contributed by atoms with Crippen LogP contribution in [0.25, 0.3) is 0 Å². The summed E-state index contributed by atoms with van der Waals surface area (Å²) in [5, 5.41) is 28.2. The molecule has 0 radical (unpaired) electrons. The summed E-state index contributed by atoms with van der Waals surface area (Å²) in [6, 6.07) is 1.28. The molecule has 0 heterocycles. The van der Waals surface area contributed by atoms with Crippen molar-refractivity contribution in [3.05, 3.63) is 17.2 Å². The maximum absolute atomic E-state index is 9.58. The Balaban J connectivity index is 2.63. The second kappa shape index (κ2) is 3.06. The lowest BCUT2D eigenvalue weighted by atomic mass is 9.87. The minimum atomic E-state index is -0.446. The Morgan fingerprint density at radius 2 is 1.93 bits per heavy atom. The van der Waals surface area contributed by atoms with E-state index < -0.39 is 5.75 Å². The maximum atomic E-state index is 9.58. The van der Waals surface area contributed by atoms with Crippen molar-refractivity contribution in [2.24, 2.45) is 5.73 Å². The molecule has 0 fully saturated rings. The Kier molecular flexibility index (Phi) is 2.00. The van der Waals surface area contributed by atoms with E-state index in [0.29, 0.717) is 12.0 Å². The van der Waals surface area contributed by atoms with E-state index in [4.69, 9.17) is 5.73 Å². The molecule has 14 heavy (non-hydrogen) atoms. The van der Waals surface area contributed by atoms with E-state index in [9.17, 15) is 15.3 Å². The van der Waals surface area contributed by atoms with Crippen molar-refractivity contribution >= 4 is 0 Å². The molecule has 0 aliphatic heterocycles. The molecule has 1 atom stereocenters. The number of phenolic OH excluding ortho intramolecular Hbond substituents is 3. The highest BCUT2D eigenvalue weighted by Crippen LogP contribution is 2.44. The van der Waals surface area contributed by atoms with Crippen LogP contribution in [0.15, 0.2) is 6.07 Å². The van der Waals surface area contributed by atoms with Gasteiger partial charge in [0.15, 0.2) is 11.5 Å². The molecule has 0 saturated carbocycles. The first-order valence-electron chi connectivity index (χ1n) is 4.63. The molecule has 2 rings (SSSR count). The lowest BCUT2D eigenvalue weighted by Gasteiger charge is -2.23. The van der Waals surface area contributed by atoms with Gasteiger partial charge in [-0.15, -0.1) is 0 Å². The normalized spacial score (nSPS) is 20.5. The Bertz CT molecular complexity index is 376. The van der Waals surface area contributed by atoms with Gasteiger partial charge in [-0.25, -0.2) is 0 Å². The zero-order valence-electron chi connectivity index (χ0n) is 7.70. The number of hydrogen-bond acceptors (Lipinski definition) is 4. The molecule has 0 bridgehead atoms. The Labute approximate surface area is 81.6 Å². The number of benzene rings is 1. The van der Waals surface area contributed by atoms with Crippen LogP contribution >= 0.6 is 0 Å². The first-order valence-corrected chi connectivity index (χ1v) is 4.63. The maximum Gasteiger partial charge on any atom is 0.200 e. The van der Waals surface area contributed by atoms with Crippen LogP contribution < -0.4 is 5.73 Å². The molecule has 0 unspecified atom stereocenters. The fourth-order valence-electron chi connectivity index (χ4n) is 1.95. The highest BCUT2D eigenvalue weighted by Gasteiger charge is 2.23. The summed E-state index contributed by atoms with van der Waals surface area (Å²) in [6.45, 7) is 0. The number of aromatic hydroxyl groups is 3. The molecular weight excluding hydrogens is 182 g/mol. The topological polar surface area (TPSA) is 86.7 Å². The fraction of sp³-hybridized carbons (Fsp3) is 0.400. The van der Waals surface area contributed by atoms with Gasteiger partial charge in [0.05, 0.1) is 0 Å². The van der Waals surface area contributed by atoms with Gasteiger partial charge >= 0.3 is 0 Å². The van der Waals surface area contributed by atoms with Crippen molar-refractivity contribution in [2.45, 2.75) is 25.3 Å². The fourth-order valence-corrected chi connectivity index (χ4v) is 1.95. The number of phenols is 3. The van der Waals surface area contributed by atoms with Gasteiger partial charge in [-0.2, -0.15) is 0 Å². The Hall–Kier alpha value is -1.42. The summed E-state index contributed by atoms with van der Waals surface area (Å²) >= 11 is 0. The highest BCUT2D eigenvalue weighted by atomic mass is 16.3. The third-order valence-electron chi connectivity index (χ3n) is 2.73. The zero-order chi connectivity index (χ0) is 10.3. The van der Waals surface area contributed by atoms with Crippen LogP contribution in [0.4, 0.5) is 0 Å². The van der Waals surface area contributed by atoms with Gasteiger partial charge in [-0.1, -0.05) is 0 Å². The number of fused-ring (bicyclic) bond motifs is 1. The van der Waals surface area contributed by atoms with E-state index in [1.54, 1.807) is 0 Å². The van der Waals surface area contributed by atoms with Gasteiger partial charge in [0, 0.05) is 11.6 Å². The molecule has 0 amide bonds. The van der Waals surface area contributed by atoms with Crippen LogP contribution in [0.2, 0.25) is 0 Å². The molecular formula is C10H13NO3. The second-order valence-corrected chi connectivity index (χ2v) is 3.66. The summed E-state index contributed by atoms with van der Waals surface area (Å²) in [5.74, 6) is -0.980. The Morgan fingerprint density at radius 3 is 2.64 bits per heavy atom. The van der Waals surface area contributed by atoms with E-state index in [-0.39, 0.29) is 17.5 Å². The predicted octanol–water partition coefficient (Wildman–Crippen LogP) is 1.14. The van der Waals surface area contributed by atoms with E-state index >= 15 is 0 Å². The standard InChI is InChI=1S/C10H13NO3/c11-7-3-1-2-5-6(7)4-8(12)10(14)9(5)13/h4,7,12-14H,1-3,11H2/t7-/m0/s1. The zero-order valence-corrected chi connectivity index (χ0v) is 7.70. The lowest BCUT2D eigenvalue weighted by Crippen LogP contribution is -2.17. The van der Waals surface area contributed by atoms with Crippen LogP contribution in [0.1, 0.15) is 30.0 Å². The van der Waals surface area contributed by atoms with Crippen LogP contribution in [0, 0.1) is 0 Å². The smallest absolute Gasteiger partial charge is 0.200 e. The summed E-state index contributed by atoms with van der Waals surface area (Å²) < 4.78 is 0. The van der Waals surface area contributed by atoms with Crippen LogP contribution in [-0.2, 0) is 6.42 Å². The molecule has 0 aromatic heterocycles. The molecule has 76 valence electrons. The van der Waals surface area contributed by atoms with Crippen molar-refractivity contribution in [2.75, 3.05) is 0 Å². The number of rotatable bonds is 0. The lowest BCUT2D eigenvalue weighted by molar-refractivity contribution is 0.360. The van der Waals surface area contributed by atoms with Crippen LogP contribution in [0.3, 0.4) is 0 Å². The van der Waals surface area contributed by atoms with Crippen molar-refractivity contribution in [3.63, 3.8) is 0 Å². The predicted molar refractivity (Wildman–Crippen MR) is 51.3 cm³/mol. The van der Waals surface area contributed by atoms with Gasteiger partial charge in [-0.3, -0.25) is 0 Å². The Morgan fingerprint density at radius 1 is 1.21 bits per heavy atom. The van der Waals surface area contributed by atoms with E-state index in [0.717, 1.165) is 18.4 Å². The average Bonchev–Trinajstić information content (AvgIpc) is 2.17. The van der Waals surface area contributed by atoms with Crippen LogP contribution in [-0.4, -0.2) is 15.3 Å². The monoisotopic (exact) mass is 195 g/mol. The third kappa shape index (κ3) is 1.19. The molecule has 1 aliphatic rings. The number of nitrogens with two attached hydrogens (primary N) is 1. The van der Waals surface area contributed by atoms with Gasteiger partial charge < -0.3 is 21.1 Å². The van der Waals surface area contributed by atoms with Gasteiger partial charge in [0.2, 0.25) is 5.75 Å².